The normalized spacial score (nSPS) is 11.9. The SMILES string of the molecule is Nc1cc(-c2nnc3ncccn23)cc(C(F)(F)F)c1. The van der Waals surface area contributed by atoms with E-state index in [4.69, 9.17) is 5.73 Å². The molecular weight excluding hydrogens is 271 g/mol. The van der Waals surface area contributed by atoms with Gasteiger partial charge in [-0.25, -0.2) is 4.98 Å². The van der Waals surface area contributed by atoms with E-state index < -0.39 is 11.7 Å². The van der Waals surface area contributed by atoms with Crippen LogP contribution < -0.4 is 5.73 Å². The molecule has 0 radical (unpaired) electrons. The molecule has 2 heterocycles. The zero-order valence-corrected chi connectivity index (χ0v) is 9.96. The van der Waals surface area contributed by atoms with Gasteiger partial charge in [0.15, 0.2) is 5.82 Å². The standard InChI is InChI=1S/C12H8F3N5/c13-12(14,15)8-4-7(5-9(16)6-8)10-18-19-11-17-2-1-3-20(10)11/h1-6H,16H2. The maximum atomic E-state index is 12.8. The van der Waals surface area contributed by atoms with Crippen molar-refractivity contribution in [3.63, 3.8) is 0 Å². The van der Waals surface area contributed by atoms with Gasteiger partial charge in [0.05, 0.1) is 5.56 Å². The molecule has 8 heteroatoms. The molecule has 20 heavy (non-hydrogen) atoms. The molecule has 1 aromatic carbocycles. The van der Waals surface area contributed by atoms with Crippen molar-refractivity contribution in [2.75, 3.05) is 5.73 Å². The third-order valence-electron chi connectivity index (χ3n) is 2.73. The highest BCUT2D eigenvalue weighted by Gasteiger charge is 2.31. The number of benzene rings is 1. The molecule has 2 aromatic heterocycles. The molecule has 0 aliphatic heterocycles. The summed E-state index contributed by atoms with van der Waals surface area (Å²) in [6, 6.07) is 4.92. The number of nitrogens with zero attached hydrogens (tertiary/aromatic N) is 4. The van der Waals surface area contributed by atoms with Crippen molar-refractivity contribution in [3.05, 3.63) is 42.2 Å². The van der Waals surface area contributed by atoms with E-state index in [0.717, 1.165) is 12.1 Å². The van der Waals surface area contributed by atoms with E-state index in [1.165, 1.54) is 16.7 Å². The van der Waals surface area contributed by atoms with Gasteiger partial charge in [-0.05, 0) is 24.3 Å². The highest BCUT2D eigenvalue weighted by atomic mass is 19.4. The number of nitrogen functional groups attached to an aromatic ring is 1. The smallest absolute Gasteiger partial charge is 0.399 e. The lowest BCUT2D eigenvalue weighted by molar-refractivity contribution is -0.137. The van der Waals surface area contributed by atoms with E-state index in [1.807, 2.05) is 0 Å². The Hall–Kier alpha value is -2.64. The Bertz CT molecular complexity index is 778. The van der Waals surface area contributed by atoms with E-state index >= 15 is 0 Å². The number of hydrogen-bond acceptors (Lipinski definition) is 4. The van der Waals surface area contributed by atoms with Gasteiger partial charge in [-0.3, -0.25) is 4.40 Å². The number of aromatic nitrogens is 4. The molecular formula is C12H8F3N5. The minimum atomic E-state index is -4.47. The van der Waals surface area contributed by atoms with Gasteiger partial charge in [0.2, 0.25) is 0 Å². The minimum absolute atomic E-state index is 0.00969. The molecule has 0 bridgehead atoms. The molecule has 3 aromatic rings. The number of nitrogens with two attached hydrogens (primary N) is 1. The van der Waals surface area contributed by atoms with Crippen molar-refractivity contribution in [1.82, 2.24) is 19.6 Å². The zero-order valence-electron chi connectivity index (χ0n) is 9.96. The summed E-state index contributed by atoms with van der Waals surface area (Å²) >= 11 is 0. The van der Waals surface area contributed by atoms with Gasteiger partial charge in [0, 0.05) is 23.6 Å². The Balaban J connectivity index is 2.22. The third kappa shape index (κ3) is 2.04. The number of alkyl halides is 3. The molecule has 3 rings (SSSR count). The van der Waals surface area contributed by atoms with Gasteiger partial charge in [-0.2, -0.15) is 13.2 Å². The second-order valence-electron chi connectivity index (χ2n) is 4.15. The number of anilines is 1. The average Bonchev–Trinajstić information content (AvgIpc) is 2.80. The largest absolute Gasteiger partial charge is 0.416 e. The van der Waals surface area contributed by atoms with Crippen molar-refractivity contribution in [2.24, 2.45) is 0 Å². The Morgan fingerprint density at radius 2 is 1.90 bits per heavy atom. The van der Waals surface area contributed by atoms with Crippen LogP contribution in [-0.2, 0) is 6.18 Å². The van der Waals surface area contributed by atoms with E-state index in [-0.39, 0.29) is 17.1 Å². The fourth-order valence-corrected chi connectivity index (χ4v) is 1.88. The Labute approximate surface area is 110 Å². The van der Waals surface area contributed by atoms with Gasteiger partial charge in [-0.15, -0.1) is 10.2 Å². The van der Waals surface area contributed by atoms with Crippen molar-refractivity contribution >= 4 is 11.5 Å². The van der Waals surface area contributed by atoms with Crippen molar-refractivity contribution in [3.8, 4) is 11.4 Å². The molecule has 0 amide bonds. The maximum absolute atomic E-state index is 12.8. The van der Waals surface area contributed by atoms with Crippen LogP contribution in [0.5, 0.6) is 0 Å². The molecule has 0 saturated heterocycles. The lowest BCUT2D eigenvalue weighted by Gasteiger charge is -2.09. The predicted molar refractivity (Wildman–Crippen MR) is 65.6 cm³/mol. The highest BCUT2D eigenvalue weighted by Crippen LogP contribution is 2.33. The van der Waals surface area contributed by atoms with Crippen LogP contribution in [0.3, 0.4) is 0 Å². The van der Waals surface area contributed by atoms with Gasteiger partial charge in [0.25, 0.3) is 5.78 Å². The number of halogens is 3. The quantitative estimate of drug-likeness (QED) is 0.694. The van der Waals surface area contributed by atoms with Gasteiger partial charge < -0.3 is 5.73 Å². The van der Waals surface area contributed by atoms with Crippen LogP contribution in [0.15, 0.2) is 36.7 Å². The lowest BCUT2D eigenvalue weighted by atomic mass is 10.1. The van der Waals surface area contributed by atoms with Crippen molar-refractivity contribution in [1.29, 1.82) is 0 Å². The summed E-state index contributed by atoms with van der Waals surface area (Å²) in [5.74, 6) is 0.560. The summed E-state index contributed by atoms with van der Waals surface area (Å²) in [7, 11) is 0. The molecule has 0 unspecified atom stereocenters. The van der Waals surface area contributed by atoms with Crippen LogP contribution in [0.1, 0.15) is 5.56 Å². The average molecular weight is 279 g/mol. The summed E-state index contributed by atoms with van der Waals surface area (Å²) in [5, 5.41) is 7.65. The summed E-state index contributed by atoms with van der Waals surface area (Å²) in [6.45, 7) is 0. The molecule has 0 aliphatic carbocycles. The lowest BCUT2D eigenvalue weighted by Crippen LogP contribution is -2.06. The minimum Gasteiger partial charge on any atom is -0.399 e. The summed E-state index contributed by atoms with van der Waals surface area (Å²) in [6.07, 6.45) is -1.33. The van der Waals surface area contributed by atoms with E-state index in [9.17, 15) is 13.2 Å². The first-order chi connectivity index (χ1) is 9.45. The predicted octanol–water partition coefficient (Wildman–Crippen LogP) is 2.39. The molecule has 0 spiro atoms. The second-order valence-corrected chi connectivity index (χ2v) is 4.15. The van der Waals surface area contributed by atoms with Crippen molar-refractivity contribution < 1.29 is 13.2 Å². The molecule has 0 fully saturated rings. The van der Waals surface area contributed by atoms with Crippen LogP contribution in [-0.4, -0.2) is 19.6 Å². The number of rotatable bonds is 1. The first-order valence-corrected chi connectivity index (χ1v) is 5.59. The first kappa shape index (κ1) is 12.4. The maximum Gasteiger partial charge on any atom is 0.416 e. The Kier molecular flexibility index (Phi) is 2.60. The molecule has 0 aliphatic rings. The highest BCUT2D eigenvalue weighted by molar-refractivity contribution is 5.65. The van der Waals surface area contributed by atoms with E-state index in [0.29, 0.717) is 5.78 Å². The van der Waals surface area contributed by atoms with Gasteiger partial charge >= 0.3 is 6.18 Å². The molecule has 5 nitrogen and oxygen atoms in total. The number of hydrogen-bond donors (Lipinski definition) is 1. The molecule has 102 valence electrons. The summed E-state index contributed by atoms with van der Waals surface area (Å²) in [4.78, 5) is 3.96. The van der Waals surface area contributed by atoms with Crippen molar-refractivity contribution in [2.45, 2.75) is 6.18 Å². The monoisotopic (exact) mass is 279 g/mol. The fraction of sp³-hybridized carbons (Fsp3) is 0.0833. The van der Waals surface area contributed by atoms with Crippen LogP contribution in [0, 0.1) is 0 Å². The third-order valence-corrected chi connectivity index (χ3v) is 2.73. The van der Waals surface area contributed by atoms with Gasteiger partial charge in [-0.1, -0.05) is 0 Å². The Morgan fingerprint density at radius 3 is 2.65 bits per heavy atom. The molecule has 0 saturated carbocycles. The first-order valence-electron chi connectivity index (χ1n) is 5.59. The summed E-state index contributed by atoms with van der Waals surface area (Å²) in [5.41, 5.74) is 4.95. The number of fused-ring (bicyclic) bond motifs is 1. The van der Waals surface area contributed by atoms with E-state index in [2.05, 4.69) is 15.2 Å². The Morgan fingerprint density at radius 1 is 1.10 bits per heavy atom. The fourth-order valence-electron chi connectivity index (χ4n) is 1.88. The van der Waals surface area contributed by atoms with Crippen LogP contribution in [0.25, 0.3) is 17.2 Å². The topological polar surface area (TPSA) is 69.1 Å². The van der Waals surface area contributed by atoms with Crippen LogP contribution in [0.4, 0.5) is 18.9 Å². The molecule has 2 N–H and O–H groups in total. The van der Waals surface area contributed by atoms with Crippen LogP contribution >= 0.6 is 0 Å². The summed E-state index contributed by atoms with van der Waals surface area (Å²) < 4.78 is 39.9. The van der Waals surface area contributed by atoms with E-state index in [1.54, 1.807) is 12.3 Å². The van der Waals surface area contributed by atoms with Crippen LogP contribution in [0.2, 0.25) is 0 Å². The van der Waals surface area contributed by atoms with Gasteiger partial charge in [0.1, 0.15) is 0 Å². The molecule has 0 atom stereocenters. The second kappa shape index (κ2) is 4.19. The zero-order chi connectivity index (χ0) is 14.3.